The van der Waals surface area contributed by atoms with E-state index in [4.69, 9.17) is 0 Å². The number of rotatable bonds is 8. The molecule has 0 atom stereocenters. The van der Waals surface area contributed by atoms with E-state index in [9.17, 15) is 0 Å². The summed E-state index contributed by atoms with van der Waals surface area (Å²) in [5, 5.41) is 14.5. The van der Waals surface area contributed by atoms with Gasteiger partial charge in [-0.2, -0.15) is 0 Å². The second-order valence-corrected chi connectivity index (χ2v) is 17.5. The minimum Gasteiger partial charge on any atom is -0.310 e. The van der Waals surface area contributed by atoms with Crippen LogP contribution in [-0.4, -0.2) is 9.13 Å². The van der Waals surface area contributed by atoms with Gasteiger partial charge in [0.05, 0.1) is 16.4 Å². The van der Waals surface area contributed by atoms with Crippen molar-refractivity contribution >= 4 is 83.6 Å². The zero-order valence-corrected chi connectivity index (χ0v) is 37.7. The molecule has 318 valence electrons. The van der Waals surface area contributed by atoms with Gasteiger partial charge in [0.15, 0.2) is 0 Å². The van der Waals surface area contributed by atoms with Gasteiger partial charge in [-0.05, 0) is 150 Å². The summed E-state index contributed by atoms with van der Waals surface area (Å²) in [6, 6.07) is 74.0. The fourth-order valence-corrected chi connectivity index (χ4v) is 10.8. The summed E-state index contributed by atoms with van der Waals surface area (Å²) in [7, 11) is 0. The first kappa shape index (κ1) is 40.1. The van der Waals surface area contributed by atoms with Crippen LogP contribution in [0.1, 0.15) is 26.0 Å². The van der Waals surface area contributed by atoms with Crippen LogP contribution in [0.2, 0.25) is 0 Å². The van der Waals surface area contributed by atoms with E-state index >= 15 is 0 Å². The molecular weight excluding hydrogens is 809 g/mol. The molecule has 0 spiro atoms. The molecule has 0 amide bonds. The molecule has 0 saturated carbocycles. The van der Waals surface area contributed by atoms with E-state index < -0.39 is 0 Å². The van der Waals surface area contributed by atoms with Crippen molar-refractivity contribution in [2.75, 3.05) is 0 Å². The summed E-state index contributed by atoms with van der Waals surface area (Å²) in [6.45, 7) is 8.64. The van der Waals surface area contributed by atoms with E-state index in [1.807, 2.05) is 6.92 Å². The van der Waals surface area contributed by atoms with Gasteiger partial charge in [-0.15, -0.1) is 0 Å². The maximum Gasteiger partial charge on any atom is 0.0541 e. The summed E-state index contributed by atoms with van der Waals surface area (Å²) in [5.74, 6) is 0. The van der Waals surface area contributed by atoms with Gasteiger partial charge >= 0.3 is 0 Å². The number of allylic oxidation sites excluding steroid dienone is 3. The SMILES string of the molecule is C=c1cc(C=CCC)n(-c2ccc(-c3c4ccccc4c(-c4c5ccccc5c(-c5ccc(-n6c7ccccc7c7ccccc76)cc5)c5ccccc45)c4ccccc34)cc2)c1=CC=CC. The van der Waals surface area contributed by atoms with Crippen molar-refractivity contribution in [3.8, 4) is 44.8 Å². The maximum atomic E-state index is 4.42. The van der Waals surface area contributed by atoms with Gasteiger partial charge in [0, 0.05) is 27.8 Å². The average molecular weight is 857 g/mol. The Morgan fingerprint density at radius 3 is 1.16 bits per heavy atom. The molecule has 2 heteroatoms. The molecule has 0 fully saturated rings. The Hall–Kier alpha value is -8.46. The van der Waals surface area contributed by atoms with Crippen molar-refractivity contribution in [1.82, 2.24) is 9.13 Å². The van der Waals surface area contributed by atoms with Crippen molar-refractivity contribution in [1.29, 1.82) is 0 Å². The quantitative estimate of drug-likeness (QED) is 0.135. The Labute approximate surface area is 390 Å². The van der Waals surface area contributed by atoms with E-state index in [2.05, 4.69) is 253 Å². The number of para-hydroxylation sites is 2. The van der Waals surface area contributed by atoms with Crippen LogP contribution in [0.3, 0.4) is 0 Å². The molecule has 2 aromatic heterocycles. The van der Waals surface area contributed by atoms with Crippen LogP contribution >= 0.6 is 0 Å². The van der Waals surface area contributed by atoms with Crippen molar-refractivity contribution in [2.24, 2.45) is 0 Å². The van der Waals surface area contributed by atoms with Crippen LogP contribution in [0.15, 0.2) is 218 Å². The standard InChI is InChI=1S/C65H48N2/c1-4-6-20-48-42-43(3)59(31-7-5-2)66(48)46-38-34-44(35-39-46)62-51-23-8-12-27-55(51)64(56-28-13-9-24-52(56)62)65-57-29-14-10-25-53(57)63(54-26-11-15-30-58(54)65)45-36-40-47(41-37-45)67-60-32-18-16-21-49(60)50-22-17-19-33-61(50)67/h5-42H,3-4H2,1-2H3. The van der Waals surface area contributed by atoms with Crippen LogP contribution in [0, 0.1) is 0 Å². The topological polar surface area (TPSA) is 9.86 Å². The molecule has 12 rings (SSSR count). The summed E-state index contributed by atoms with van der Waals surface area (Å²) in [6.07, 6.45) is 11.7. The molecule has 0 aliphatic heterocycles. The number of hydrogen-bond donors (Lipinski definition) is 0. The minimum absolute atomic E-state index is 0.968. The second kappa shape index (κ2) is 16.5. The van der Waals surface area contributed by atoms with Crippen molar-refractivity contribution in [3.63, 3.8) is 0 Å². The summed E-state index contributed by atoms with van der Waals surface area (Å²) < 4.78 is 4.71. The Kier molecular flexibility index (Phi) is 9.88. The van der Waals surface area contributed by atoms with Gasteiger partial charge < -0.3 is 9.13 Å². The number of hydrogen-bond acceptors (Lipinski definition) is 0. The third kappa shape index (κ3) is 6.48. The Bertz CT molecular complexity index is 3910. The van der Waals surface area contributed by atoms with Gasteiger partial charge in [-0.3, -0.25) is 0 Å². The lowest BCUT2D eigenvalue weighted by Crippen LogP contribution is -2.27. The van der Waals surface area contributed by atoms with Crippen molar-refractivity contribution in [2.45, 2.75) is 20.3 Å². The molecule has 67 heavy (non-hydrogen) atoms. The highest BCUT2D eigenvalue weighted by atomic mass is 15.0. The fourth-order valence-electron chi connectivity index (χ4n) is 10.8. The molecular formula is C65H48N2. The lowest BCUT2D eigenvalue weighted by atomic mass is 9.81. The number of fused-ring (bicyclic) bond motifs is 7. The van der Waals surface area contributed by atoms with Gasteiger partial charge in [0.25, 0.3) is 0 Å². The maximum absolute atomic E-state index is 4.42. The van der Waals surface area contributed by atoms with E-state index in [0.717, 1.165) is 34.1 Å². The van der Waals surface area contributed by atoms with E-state index in [1.165, 1.54) is 98.3 Å². The Morgan fingerprint density at radius 2 is 0.776 bits per heavy atom. The summed E-state index contributed by atoms with van der Waals surface area (Å²) >= 11 is 0. The van der Waals surface area contributed by atoms with Gasteiger partial charge in [-0.25, -0.2) is 0 Å². The van der Waals surface area contributed by atoms with E-state index in [0.29, 0.717) is 0 Å². The van der Waals surface area contributed by atoms with E-state index in [1.54, 1.807) is 0 Å². The lowest BCUT2D eigenvalue weighted by molar-refractivity contribution is 1.01. The molecule has 2 heterocycles. The molecule has 0 saturated heterocycles. The normalized spacial score (nSPS) is 12.4. The second-order valence-electron chi connectivity index (χ2n) is 17.5. The van der Waals surface area contributed by atoms with Crippen LogP contribution < -0.4 is 10.6 Å². The smallest absolute Gasteiger partial charge is 0.0541 e. The molecule has 0 N–H and O–H groups in total. The van der Waals surface area contributed by atoms with Crippen molar-refractivity contribution < 1.29 is 0 Å². The third-order valence-corrected chi connectivity index (χ3v) is 13.6. The van der Waals surface area contributed by atoms with Gasteiger partial charge in [-0.1, -0.05) is 189 Å². The minimum atomic E-state index is 0.968. The zero-order chi connectivity index (χ0) is 45.0. The highest BCUT2D eigenvalue weighted by Crippen LogP contribution is 2.50. The summed E-state index contributed by atoms with van der Waals surface area (Å²) in [5.41, 5.74) is 13.2. The van der Waals surface area contributed by atoms with Crippen LogP contribution in [0.5, 0.6) is 0 Å². The van der Waals surface area contributed by atoms with Crippen LogP contribution in [-0.2, 0) is 0 Å². The Balaban J connectivity index is 1.06. The molecule has 0 radical (unpaired) electrons. The molecule has 10 aromatic carbocycles. The molecule has 12 aromatic rings. The number of nitrogens with zero attached hydrogens (tertiary/aromatic N) is 2. The molecule has 0 aliphatic carbocycles. The third-order valence-electron chi connectivity index (χ3n) is 13.6. The van der Waals surface area contributed by atoms with Crippen molar-refractivity contribution in [3.05, 3.63) is 235 Å². The first-order chi connectivity index (χ1) is 33.1. The largest absolute Gasteiger partial charge is 0.310 e. The van der Waals surface area contributed by atoms with E-state index in [-0.39, 0.29) is 0 Å². The van der Waals surface area contributed by atoms with Gasteiger partial charge in [0.1, 0.15) is 0 Å². The monoisotopic (exact) mass is 856 g/mol. The molecule has 0 bridgehead atoms. The van der Waals surface area contributed by atoms with Crippen LogP contribution in [0.4, 0.5) is 0 Å². The molecule has 2 nitrogen and oxygen atoms in total. The van der Waals surface area contributed by atoms with Crippen LogP contribution in [0.25, 0.3) is 128 Å². The number of aromatic nitrogens is 2. The highest BCUT2D eigenvalue weighted by Gasteiger charge is 2.23. The van der Waals surface area contributed by atoms with Gasteiger partial charge in [0.2, 0.25) is 0 Å². The molecule has 0 unspecified atom stereocenters. The Morgan fingerprint density at radius 1 is 0.418 bits per heavy atom. The lowest BCUT2D eigenvalue weighted by Gasteiger charge is -2.22. The highest BCUT2D eigenvalue weighted by molar-refractivity contribution is 6.30. The number of benzene rings is 10. The zero-order valence-electron chi connectivity index (χ0n) is 37.7. The predicted molar refractivity (Wildman–Crippen MR) is 290 cm³/mol. The summed E-state index contributed by atoms with van der Waals surface area (Å²) in [4.78, 5) is 0. The first-order valence-electron chi connectivity index (χ1n) is 23.4. The predicted octanol–water partition coefficient (Wildman–Crippen LogP) is 16.4. The molecule has 0 aliphatic rings. The first-order valence-corrected chi connectivity index (χ1v) is 23.4. The average Bonchev–Trinajstić information content (AvgIpc) is 3.89. The fraction of sp³-hybridized carbons (Fsp3) is 0.0462.